The van der Waals surface area contributed by atoms with Gasteiger partial charge in [0.25, 0.3) is 5.91 Å². The molecule has 4 amide bonds. The van der Waals surface area contributed by atoms with Gasteiger partial charge in [0.1, 0.15) is 17.9 Å². The molecule has 1 aliphatic rings. The topological polar surface area (TPSA) is 129 Å². The number of nitrogens with one attached hydrogen (secondary N) is 2. The van der Waals surface area contributed by atoms with E-state index in [0.717, 1.165) is 22.5 Å². The van der Waals surface area contributed by atoms with Crippen LogP contribution in [0.2, 0.25) is 0 Å². The highest BCUT2D eigenvalue weighted by molar-refractivity contribution is 5.96. The molecule has 3 aromatic rings. The number of fused-ring (bicyclic) bond motifs is 1. The molecule has 1 saturated heterocycles. The average molecular weight is 480 g/mol. The van der Waals surface area contributed by atoms with Crippen molar-refractivity contribution in [1.82, 2.24) is 20.1 Å². The number of aromatic amines is 1. The number of nitrogens with two attached hydrogens (primary N) is 1. The predicted molar refractivity (Wildman–Crippen MR) is 127 cm³/mol. The van der Waals surface area contributed by atoms with Gasteiger partial charge in [-0.05, 0) is 29.8 Å². The van der Waals surface area contributed by atoms with Crippen LogP contribution in [0.15, 0.2) is 54.7 Å². The van der Waals surface area contributed by atoms with E-state index in [-0.39, 0.29) is 37.5 Å². The summed E-state index contributed by atoms with van der Waals surface area (Å²) in [5.74, 6) is -2.65. The molecule has 2 aromatic carbocycles. The fourth-order valence-electron chi connectivity index (χ4n) is 4.38. The lowest BCUT2D eigenvalue weighted by molar-refractivity contribution is -0.142. The molecule has 0 aliphatic carbocycles. The third-order valence-corrected chi connectivity index (χ3v) is 6.21. The van der Waals surface area contributed by atoms with Gasteiger partial charge in [0.05, 0.1) is 6.54 Å². The average Bonchev–Trinajstić information content (AvgIpc) is 3.25. The van der Waals surface area contributed by atoms with Crippen LogP contribution < -0.4 is 11.1 Å². The minimum absolute atomic E-state index is 0.0979. The maximum Gasteiger partial charge on any atom is 0.254 e. The lowest BCUT2D eigenvalue weighted by Gasteiger charge is -2.40. The zero-order valence-electron chi connectivity index (χ0n) is 19.2. The number of carbonyl (C=O) groups is 4. The van der Waals surface area contributed by atoms with Crippen LogP contribution in [-0.4, -0.2) is 70.1 Å². The number of primary amides is 1. The third-order valence-electron chi connectivity index (χ3n) is 6.21. The van der Waals surface area contributed by atoms with E-state index in [0.29, 0.717) is 0 Å². The molecule has 2 heterocycles. The van der Waals surface area contributed by atoms with E-state index in [1.165, 1.54) is 34.9 Å². The van der Waals surface area contributed by atoms with Crippen molar-refractivity contribution in [3.05, 3.63) is 71.7 Å². The quantitative estimate of drug-likeness (QED) is 0.491. The van der Waals surface area contributed by atoms with Gasteiger partial charge >= 0.3 is 0 Å². The normalized spacial score (nSPS) is 16.7. The molecule has 0 spiro atoms. The van der Waals surface area contributed by atoms with Crippen molar-refractivity contribution in [2.45, 2.75) is 25.4 Å². The number of amides is 4. The van der Waals surface area contributed by atoms with Crippen molar-refractivity contribution in [1.29, 1.82) is 0 Å². The first kappa shape index (κ1) is 23.9. The molecule has 0 saturated carbocycles. The number of hydrogen-bond donors (Lipinski definition) is 3. The lowest BCUT2D eigenvalue weighted by atomic mass is 10.0. The Morgan fingerprint density at radius 3 is 2.63 bits per heavy atom. The first-order valence-corrected chi connectivity index (χ1v) is 11.2. The van der Waals surface area contributed by atoms with Gasteiger partial charge in [-0.1, -0.05) is 24.3 Å². The molecular formula is C25H26FN5O4. The maximum absolute atomic E-state index is 13.6. The Balaban J connectivity index is 1.52. The third kappa shape index (κ3) is 5.16. The number of carbonyl (C=O) groups excluding carboxylic acids is 4. The number of nitrogens with zero attached hydrogens (tertiary/aromatic N) is 2. The Bertz CT molecular complexity index is 1290. The van der Waals surface area contributed by atoms with Crippen LogP contribution in [-0.2, 0) is 20.8 Å². The summed E-state index contributed by atoms with van der Waals surface area (Å²) in [6, 6.07) is 10.8. The van der Waals surface area contributed by atoms with E-state index in [1.807, 2.05) is 24.3 Å². The second kappa shape index (κ2) is 9.96. The predicted octanol–water partition coefficient (Wildman–Crippen LogP) is 1.19. The second-order valence-electron chi connectivity index (χ2n) is 8.52. The Hall–Kier alpha value is -4.21. The zero-order valence-corrected chi connectivity index (χ0v) is 19.2. The number of aromatic nitrogens is 1. The molecule has 1 aliphatic heterocycles. The van der Waals surface area contributed by atoms with Gasteiger partial charge in [0.15, 0.2) is 0 Å². The fraction of sp³-hybridized carbons (Fsp3) is 0.280. The minimum atomic E-state index is -1.02. The van der Waals surface area contributed by atoms with E-state index in [9.17, 15) is 23.6 Å². The molecule has 1 aromatic heterocycles. The number of rotatable bonds is 6. The van der Waals surface area contributed by atoms with Crippen LogP contribution in [0.1, 0.15) is 22.8 Å². The number of hydrogen-bond acceptors (Lipinski definition) is 4. The van der Waals surface area contributed by atoms with Gasteiger partial charge in [-0.3, -0.25) is 19.2 Å². The number of piperazine rings is 1. The first-order valence-electron chi connectivity index (χ1n) is 11.2. The van der Waals surface area contributed by atoms with Gasteiger partial charge in [0.2, 0.25) is 17.7 Å². The van der Waals surface area contributed by atoms with Crippen LogP contribution in [0.5, 0.6) is 0 Å². The maximum atomic E-state index is 13.6. The minimum Gasteiger partial charge on any atom is -0.368 e. The zero-order chi connectivity index (χ0) is 25.1. The van der Waals surface area contributed by atoms with E-state index in [2.05, 4.69) is 10.3 Å². The Morgan fingerprint density at radius 2 is 1.91 bits per heavy atom. The van der Waals surface area contributed by atoms with Gasteiger partial charge in [-0.15, -0.1) is 0 Å². The van der Waals surface area contributed by atoms with E-state index in [4.69, 9.17) is 5.73 Å². The van der Waals surface area contributed by atoms with Crippen molar-refractivity contribution in [2.24, 2.45) is 5.73 Å². The van der Waals surface area contributed by atoms with Crippen LogP contribution in [0, 0.1) is 5.82 Å². The van der Waals surface area contributed by atoms with Gasteiger partial charge in [-0.25, -0.2) is 4.39 Å². The summed E-state index contributed by atoms with van der Waals surface area (Å²) in [4.78, 5) is 56.5. The van der Waals surface area contributed by atoms with E-state index >= 15 is 0 Å². The lowest BCUT2D eigenvalue weighted by Crippen LogP contribution is -2.63. The molecule has 9 nitrogen and oxygen atoms in total. The molecule has 0 unspecified atom stereocenters. The van der Waals surface area contributed by atoms with Gasteiger partial charge in [-0.2, -0.15) is 0 Å². The first-order chi connectivity index (χ1) is 16.7. The molecule has 4 N–H and O–H groups in total. The summed E-state index contributed by atoms with van der Waals surface area (Å²) in [6.45, 7) is 1.55. The summed E-state index contributed by atoms with van der Waals surface area (Å²) < 4.78 is 13.6. The molecule has 4 rings (SSSR count). The van der Waals surface area contributed by atoms with Crippen molar-refractivity contribution in [2.75, 3.05) is 19.6 Å². The van der Waals surface area contributed by atoms with Gasteiger partial charge in [0, 0.05) is 49.1 Å². The van der Waals surface area contributed by atoms with E-state index in [1.54, 1.807) is 6.20 Å². The molecule has 2 atom stereocenters. The highest BCUT2D eigenvalue weighted by Crippen LogP contribution is 2.20. The van der Waals surface area contributed by atoms with Crippen molar-refractivity contribution in [3.63, 3.8) is 0 Å². The fourth-order valence-corrected chi connectivity index (χ4v) is 4.38. The van der Waals surface area contributed by atoms with Crippen molar-refractivity contribution in [3.8, 4) is 0 Å². The standard InChI is InChI=1S/C25H26FN5O4/c1-15(32)31-10-9-30(25(35)16-5-4-6-18(26)11-16)14-22(31)24(34)29-21(23(27)33)12-17-13-28-20-8-3-2-7-19(17)20/h2-8,11,13,21-22,28H,9-10,12,14H2,1H3,(H2,27,33)(H,29,34)/t21-,22-/m1/s1. The summed E-state index contributed by atoms with van der Waals surface area (Å²) in [6.07, 6.45) is 1.92. The highest BCUT2D eigenvalue weighted by Gasteiger charge is 2.37. The second-order valence-corrected chi connectivity index (χ2v) is 8.52. The SMILES string of the molecule is CC(=O)N1CCN(C(=O)c2cccc(F)c2)C[C@@H]1C(=O)N[C@H](Cc1c[nH]c2ccccc12)C(N)=O. The van der Waals surface area contributed by atoms with Crippen LogP contribution >= 0.6 is 0 Å². The van der Waals surface area contributed by atoms with Crippen LogP contribution in [0.3, 0.4) is 0 Å². The molecule has 0 bridgehead atoms. The molecule has 35 heavy (non-hydrogen) atoms. The van der Waals surface area contributed by atoms with Crippen molar-refractivity contribution >= 4 is 34.5 Å². The molecule has 10 heteroatoms. The smallest absolute Gasteiger partial charge is 0.254 e. The molecule has 0 radical (unpaired) electrons. The summed E-state index contributed by atoms with van der Waals surface area (Å²) in [5, 5.41) is 3.57. The Labute approximate surface area is 201 Å². The Kier molecular flexibility index (Phi) is 6.81. The largest absolute Gasteiger partial charge is 0.368 e. The molecule has 182 valence electrons. The number of para-hydroxylation sites is 1. The number of H-pyrrole nitrogens is 1. The summed E-state index contributed by atoms with van der Waals surface area (Å²) in [5.41, 5.74) is 7.43. The summed E-state index contributed by atoms with van der Waals surface area (Å²) >= 11 is 0. The number of halogens is 1. The number of benzene rings is 2. The Morgan fingerprint density at radius 1 is 1.14 bits per heavy atom. The monoisotopic (exact) mass is 479 g/mol. The van der Waals surface area contributed by atoms with E-state index < -0.39 is 35.6 Å². The summed E-state index contributed by atoms with van der Waals surface area (Å²) in [7, 11) is 0. The van der Waals surface area contributed by atoms with Gasteiger partial charge < -0.3 is 25.8 Å². The molecule has 1 fully saturated rings. The van der Waals surface area contributed by atoms with Crippen LogP contribution in [0.25, 0.3) is 10.9 Å². The van der Waals surface area contributed by atoms with Crippen LogP contribution in [0.4, 0.5) is 4.39 Å². The molecular weight excluding hydrogens is 453 g/mol. The van der Waals surface area contributed by atoms with Crippen molar-refractivity contribution < 1.29 is 23.6 Å². The highest BCUT2D eigenvalue weighted by atomic mass is 19.1.